The number of hydrogen-bond donors (Lipinski definition) is 0. The highest BCUT2D eigenvalue weighted by Crippen LogP contribution is 2.11. The molecule has 0 fully saturated rings. The van der Waals surface area contributed by atoms with Crippen molar-refractivity contribution in [3.8, 4) is 0 Å². The molecule has 5 heteroatoms. The quantitative estimate of drug-likeness (QED) is 0.821. The molecule has 0 aliphatic rings. The molecule has 0 spiro atoms. The maximum atomic E-state index is 11.1. The van der Waals surface area contributed by atoms with Crippen LogP contribution >= 0.6 is 11.3 Å². The van der Waals surface area contributed by atoms with Crippen molar-refractivity contribution in [3.05, 3.63) is 16.1 Å². The van der Waals surface area contributed by atoms with Crippen molar-refractivity contribution < 1.29 is 9.53 Å². The molecule has 1 aromatic heterocycles. The van der Waals surface area contributed by atoms with E-state index in [1.54, 1.807) is 14.1 Å². The Balaban J connectivity index is 0.00000106. The molecule has 1 aromatic rings. The van der Waals surface area contributed by atoms with Gasteiger partial charge >= 0.3 is 6.09 Å². The third kappa shape index (κ3) is 5.11. The Morgan fingerprint density at radius 2 is 2.12 bits per heavy atom. The summed E-state index contributed by atoms with van der Waals surface area (Å²) in [5.41, 5.74) is 1.05. The van der Waals surface area contributed by atoms with Crippen LogP contribution in [0.4, 0.5) is 4.79 Å². The van der Waals surface area contributed by atoms with Crippen molar-refractivity contribution in [1.82, 2.24) is 9.88 Å². The monoisotopic (exact) mass is 244 g/mol. The number of ether oxygens (including phenoxy) is 1. The van der Waals surface area contributed by atoms with E-state index in [0.29, 0.717) is 0 Å². The predicted octanol–water partition coefficient (Wildman–Crippen LogP) is 2.93. The first-order valence-corrected chi connectivity index (χ1v) is 6.28. The van der Waals surface area contributed by atoms with Gasteiger partial charge in [0, 0.05) is 19.5 Å². The number of carbonyl (C=O) groups is 1. The van der Waals surface area contributed by atoms with Gasteiger partial charge in [-0.2, -0.15) is 0 Å². The number of aryl methyl sites for hydroxylation is 1. The minimum atomic E-state index is -0.335. The van der Waals surface area contributed by atoms with Gasteiger partial charge in [-0.3, -0.25) is 0 Å². The van der Waals surface area contributed by atoms with Gasteiger partial charge in [0.15, 0.2) is 0 Å². The summed E-state index contributed by atoms with van der Waals surface area (Å²) < 4.78 is 4.98. The van der Waals surface area contributed by atoms with Crippen LogP contribution in [0.2, 0.25) is 0 Å². The molecule has 0 saturated heterocycles. The van der Waals surface area contributed by atoms with E-state index in [2.05, 4.69) is 4.98 Å². The van der Waals surface area contributed by atoms with Crippen LogP contribution < -0.4 is 0 Å². The molecule has 0 unspecified atom stereocenters. The van der Waals surface area contributed by atoms with Crippen molar-refractivity contribution in [1.29, 1.82) is 0 Å². The van der Waals surface area contributed by atoms with Crippen molar-refractivity contribution in [3.63, 3.8) is 0 Å². The number of rotatable bonds is 3. The van der Waals surface area contributed by atoms with Gasteiger partial charge in [-0.15, -0.1) is 11.3 Å². The standard InChI is InChI=1S/C9H14N2O2S.C2H6/c1-4-7-6-14-8(10-7)5-13-9(12)11(2)3;1-2/h6H,4-5H2,1-3H3;1-2H3. The summed E-state index contributed by atoms with van der Waals surface area (Å²) in [6, 6.07) is 0. The molecular weight excluding hydrogens is 224 g/mol. The Kier molecular flexibility index (Phi) is 7.54. The highest BCUT2D eigenvalue weighted by Gasteiger charge is 2.06. The Morgan fingerprint density at radius 3 is 2.56 bits per heavy atom. The molecule has 0 aromatic carbocycles. The third-order valence-electron chi connectivity index (χ3n) is 1.65. The first-order valence-electron chi connectivity index (χ1n) is 5.40. The third-order valence-corrected chi connectivity index (χ3v) is 2.52. The average Bonchev–Trinajstić information content (AvgIpc) is 2.76. The lowest BCUT2D eigenvalue weighted by Gasteiger charge is -2.09. The Morgan fingerprint density at radius 1 is 1.50 bits per heavy atom. The Labute approximate surface area is 101 Å². The topological polar surface area (TPSA) is 42.4 Å². The first-order chi connectivity index (χ1) is 7.63. The zero-order chi connectivity index (χ0) is 12.6. The van der Waals surface area contributed by atoms with E-state index in [9.17, 15) is 4.79 Å². The fourth-order valence-electron chi connectivity index (χ4n) is 0.830. The largest absolute Gasteiger partial charge is 0.442 e. The van der Waals surface area contributed by atoms with Crippen LogP contribution in [0, 0.1) is 0 Å². The molecule has 0 radical (unpaired) electrons. The Bertz CT molecular complexity index is 311. The zero-order valence-corrected chi connectivity index (χ0v) is 11.4. The van der Waals surface area contributed by atoms with Crippen LogP contribution in [-0.2, 0) is 17.8 Å². The molecular formula is C11H20N2O2S. The van der Waals surface area contributed by atoms with Gasteiger partial charge in [-0.25, -0.2) is 9.78 Å². The van der Waals surface area contributed by atoms with Crippen LogP contribution in [-0.4, -0.2) is 30.1 Å². The number of hydrogen-bond acceptors (Lipinski definition) is 4. The summed E-state index contributed by atoms with van der Waals surface area (Å²) in [6.45, 7) is 6.31. The minimum Gasteiger partial charge on any atom is -0.442 e. The number of nitrogens with zero attached hydrogens (tertiary/aromatic N) is 2. The Hall–Kier alpha value is -1.10. The number of aromatic nitrogens is 1. The smallest absolute Gasteiger partial charge is 0.409 e. The fourth-order valence-corrected chi connectivity index (χ4v) is 1.62. The van der Waals surface area contributed by atoms with Gasteiger partial charge in [0.1, 0.15) is 11.6 Å². The fraction of sp³-hybridized carbons (Fsp3) is 0.636. The molecule has 1 rings (SSSR count). The number of amides is 1. The molecule has 1 heterocycles. The SMILES string of the molecule is CC.CCc1csc(COC(=O)N(C)C)n1. The molecule has 0 atom stereocenters. The second-order valence-electron chi connectivity index (χ2n) is 3.04. The molecule has 16 heavy (non-hydrogen) atoms. The first kappa shape index (κ1) is 14.9. The van der Waals surface area contributed by atoms with Gasteiger partial charge in [0.25, 0.3) is 0 Å². The molecule has 1 amide bonds. The summed E-state index contributed by atoms with van der Waals surface area (Å²) in [7, 11) is 3.31. The van der Waals surface area contributed by atoms with Crippen molar-refractivity contribution >= 4 is 17.4 Å². The van der Waals surface area contributed by atoms with E-state index in [0.717, 1.165) is 17.1 Å². The minimum absolute atomic E-state index is 0.266. The van der Waals surface area contributed by atoms with Crippen LogP contribution in [0.3, 0.4) is 0 Å². The van der Waals surface area contributed by atoms with Crippen LogP contribution in [0.5, 0.6) is 0 Å². The van der Waals surface area contributed by atoms with Gasteiger partial charge < -0.3 is 9.64 Å². The molecule has 92 valence electrons. The van der Waals surface area contributed by atoms with E-state index in [1.165, 1.54) is 16.2 Å². The van der Waals surface area contributed by atoms with E-state index >= 15 is 0 Å². The van der Waals surface area contributed by atoms with Gasteiger partial charge in [-0.05, 0) is 6.42 Å². The van der Waals surface area contributed by atoms with E-state index < -0.39 is 0 Å². The van der Waals surface area contributed by atoms with Crippen LogP contribution in [0.1, 0.15) is 31.5 Å². The highest BCUT2D eigenvalue weighted by molar-refractivity contribution is 7.09. The van der Waals surface area contributed by atoms with Crippen molar-refractivity contribution in [2.75, 3.05) is 14.1 Å². The van der Waals surface area contributed by atoms with Gasteiger partial charge in [-0.1, -0.05) is 20.8 Å². The lowest BCUT2D eigenvalue weighted by Crippen LogP contribution is -2.22. The van der Waals surface area contributed by atoms with Crippen LogP contribution in [0.25, 0.3) is 0 Å². The second-order valence-corrected chi connectivity index (χ2v) is 3.98. The number of thiazole rings is 1. The maximum absolute atomic E-state index is 11.1. The average molecular weight is 244 g/mol. The maximum Gasteiger partial charge on any atom is 0.409 e. The molecule has 0 aliphatic carbocycles. The summed E-state index contributed by atoms with van der Waals surface area (Å²) in [4.78, 5) is 16.8. The predicted molar refractivity (Wildman–Crippen MR) is 66.7 cm³/mol. The number of carbonyl (C=O) groups excluding carboxylic acids is 1. The lowest BCUT2D eigenvalue weighted by atomic mass is 10.4. The van der Waals surface area contributed by atoms with Gasteiger partial charge in [0.05, 0.1) is 5.69 Å². The van der Waals surface area contributed by atoms with Crippen molar-refractivity contribution in [2.24, 2.45) is 0 Å². The molecule has 0 aliphatic heterocycles. The summed E-state index contributed by atoms with van der Waals surface area (Å²) in [6.07, 6.45) is 0.580. The van der Waals surface area contributed by atoms with Crippen LogP contribution in [0.15, 0.2) is 5.38 Å². The lowest BCUT2D eigenvalue weighted by molar-refractivity contribution is 0.112. The summed E-state index contributed by atoms with van der Waals surface area (Å²) >= 11 is 1.52. The summed E-state index contributed by atoms with van der Waals surface area (Å²) in [5.74, 6) is 0. The molecule has 0 bridgehead atoms. The second kappa shape index (κ2) is 8.10. The summed E-state index contributed by atoms with van der Waals surface area (Å²) in [5, 5.41) is 2.83. The van der Waals surface area contributed by atoms with E-state index in [4.69, 9.17) is 4.74 Å². The zero-order valence-electron chi connectivity index (χ0n) is 10.6. The van der Waals surface area contributed by atoms with Crippen molar-refractivity contribution in [2.45, 2.75) is 33.8 Å². The van der Waals surface area contributed by atoms with E-state index in [-0.39, 0.29) is 12.7 Å². The van der Waals surface area contributed by atoms with Gasteiger partial charge in [0.2, 0.25) is 0 Å². The normalized spacial score (nSPS) is 9.06. The molecule has 0 N–H and O–H groups in total. The highest BCUT2D eigenvalue weighted by atomic mass is 32.1. The van der Waals surface area contributed by atoms with E-state index in [1.807, 2.05) is 26.2 Å². The molecule has 0 saturated carbocycles. The molecule has 4 nitrogen and oxygen atoms in total.